The van der Waals surface area contributed by atoms with E-state index in [0.717, 1.165) is 29.4 Å². The van der Waals surface area contributed by atoms with Gasteiger partial charge in [0.1, 0.15) is 5.75 Å². The zero-order chi connectivity index (χ0) is 16.6. The van der Waals surface area contributed by atoms with Crippen LogP contribution in [-0.2, 0) is 6.18 Å². The van der Waals surface area contributed by atoms with Crippen LogP contribution in [0.5, 0.6) is 5.75 Å². The number of rotatable bonds is 3. The molecular weight excluding hydrogens is 301 g/mol. The van der Waals surface area contributed by atoms with Gasteiger partial charge in [0.25, 0.3) is 0 Å². The van der Waals surface area contributed by atoms with Crippen LogP contribution in [0.3, 0.4) is 0 Å². The number of hydrogen-bond donors (Lipinski definition) is 0. The van der Waals surface area contributed by atoms with Crippen LogP contribution in [0.15, 0.2) is 48.5 Å². The van der Waals surface area contributed by atoms with E-state index in [1.165, 1.54) is 12.1 Å². The molecule has 1 aliphatic rings. The summed E-state index contributed by atoms with van der Waals surface area (Å²) in [4.78, 5) is 0. The first-order chi connectivity index (χ1) is 10.9. The second-order valence-corrected chi connectivity index (χ2v) is 6.24. The molecule has 0 bridgehead atoms. The van der Waals surface area contributed by atoms with Crippen molar-refractivity contribution in [1.82, 2.24) is 0 Å². The van der Waals surface area contributed by atoms with E-state index in [9.17, 15) is 13.2 Å². The molecule has 3 atom stereocenters. The standard InChI is InChI=1S/C19H19F3O/c1-12-10-17(13-6-8-16(23-2)9-7-13)18(12)14-4-3-5-15(11-14)19(20,21)22/h3-9,11-12,17-18H,10H2,1-2H3. The molecule has 0 N–H and O–H groups in total. The quantitative estimate of drug-likeness (QED) is 0.713. The first-order valence-corrected chi connectivity index (χ1v) is 7.71. The van der Waals surface area contributed by atoms with E-state index in [4.69, 9.17) is 4.74 Å². The van der Waals surface area contributed by atoms with Gasteiger partial charge in [0, 0.05) is 0 Å². The molecule has 0 aliphatic heterocycles. The normalized spacial score (nSPS) is 24.1. The van der Waals surface area contributed by atoms with Crippen molar-refractivity contribution < 1.29 is 17.9 Å². The molecule has 2 aromatic rings. The first-order valence-electron chi connectivity index (χ1n) is 7.71. The molecule has 3 rings (SSSR count). The van der Waals surface area contributed by atoms with E-state index < -0.39 is 11.7 Å². The van der Waals surface area contributed by atoms with Crippen LogP contribution in [0.4, 0.5) is 13.2 Å². The summed E-state index contributed by atoms with van der Waals surface area (Å²) in [6.45, 7) is 2.10. The molecule has 1 fully saturated rings. The van der Waals surface area contributed by atoms with Gasteiger partial charge in [0.2, 0.25) is 0 Å². The highest BCUT2D eigenvalue weighted by molar-refractivity contribution is 5.38. The molecule has 0 aromatic heterocycles. The van der Waals surface area contributed by atoms with Crippen molar-refractivity contribution in [1.29, 1.82) is 0 Å². The summed E-state index contributed by atoms with van der Waals surface area (Å²) >= 11 is 0. The molecule has 122 valence electrons. The third-order valence-electron chi connectivity index (χ3n) is 4.82. The number of methoxy groups -OCH3 is 1. The van der Waals surface area contributed by atoms with Crippen molar-refractivity contribution in [2.75, 3.05) is 7.11 Å². The lowest BCUT2D eigenvalue weighted by atomic mass is 9.60. The number of alkyl halides is 3. The summed E-state index contributed by atoms with van der Waals surface area (Å²) in [5, 5.41) is 0. The second kappa shape index (κ2) is 5.91. The van der Waals surface area contributed by atoms with Gasteiger partial charge in [-0.25, -0.2) is 0 Å². The van der Waals surface area contributed by atoms with Gasteiger partial charge in [-0.05, 0) is 53.5 Å². The summed E-state index contributed by atoms with van der Waals surface area (Å²) < 4.78 is 44.0. The molecule has 23 heavy (non-hydrogen) atoms. The Bertz CT molecular complexity index is 676. The molecular formula is C19H19F3O. The summed E-state index contributed by atoms with van der Waals surface area (Å²) in [6.07, 6.45) is -3.30. The van der Waals surface area contributed by atoms with E-state index in [0.29, 0.717) is 5.92 Å². The van der Waals surface area contributed by atoms with Crippen molar-refractivity contribution in [2.45, 2.75) is 31.4 Å². The predicted molar refractivity (Wildman–Crippen MR) is 83.7 cm³/mol. The molecule has 1 aliphatic carbocycles. The van der Waals surface area contributed by atoms with E-state index in [2.05, 4.69) is 6.92 Å². The monoisotopic (exact) mass is 320 g/mol. The lowest BCUT2D eigenvalue weighted by molar-refractivity contribution is -0.137. The maximum atomic E-state index is 12.9. The summed E-state index contributed by atoms with van der Waals surface area (Å²) in [5.74, 6) is 1.56. The van der Waals surface area contributed by atoms with E-state index in [-0.39, 0.29) is 11.8 Å². The Morgan fingerprint density at radius 3 is 2.26 bits per heavy atom. The molecule has 4 heteroatoms. The fourth-order valence-corrected chi connectivity index (χ4v) is 3.57. The fourth-order valence-electron chi connectivity index (χ4n) is 3.57. The summed E-state index contributed by atoms with van der Waals surface area (Å²) in [7, 11) is 1.62. The van der Waals surface area contributed by atoms with Crippen LogP contribution >= 0.6 is 0 Å². The Labute approximate surface area is 134 Å². The van der Waals surface area contributed by atoms with E-state index >= 15 is 0 Å². The van der Waals surface area contributed by atoms with Crippen LogP contribution < -0.4 is 4.74 Å². The summed E-state index contributed by atoms with van der Waals surface area (Å²) in [5.41, 5.74) is 1.37. The van der Waals surface area contributed by atoms with E-state index in [1.807, 2.05) is 30.3 Å². The predicted octanol–water partition coefficient (Wildman–Crippen LogP) is 5.62. The van der Waals surface area contributed by atoms with Gasteiger partial charge in [-0.3, -0.25) is 0 Å². The van der Waals surface area contributed by atoms with Gasteiger partial charge in [-0.1, -0.05) is 37.3 Å². The third kappa shape index (κ3) is 3.07. The van der Waals surface area contributed by atoms with Gasteiger partial charge < -0.3 is 4.74 Å². The van der Waals surface area contributed by atoms with Crippen molar-refractivity contribution in [3.63, 3.8) is 0 Å². The average Bonchev–Trinajstić information content (AvgIpc) is 2.52. The van der Waals surface area contributed by atoms with Crippen LogP contribution in [0.2, 0.25) is 0 Å². The highest BCUT2D eigenvalue weighted by Gasteiger charge is 2.41. The Balaban J connectivity index is 1.88. The fraction of sp³-hybridized carbons (Fsp3) is 0.368. The molecule has 0 saturated heterocycles. The van der Waals surface area contributed by atoms with Crippen LogP contribution in [-0.4, -0.2) is 7.11 Å². The number of ether oxygens (including phenoxy) is 1. The molecule has 3 unspecified atom stereocenters. The minimum absolute atomic E-state index is 0.130. The van der Waals surface area contributed by atoms with Gasteiger partial charge in [-0.15, -0.1) is 0 Å². The molecule has 0 amide bonds. The molecule has 1 nitrogen and oxygen atoms in total. The molecule has 2 aromatic carbocycles. The third-order valence-corrected chi connectivity index (χ3v) is 4.82. The Morgan fingerprint density at radius 2 is 1.70 bits per heavy atom. The largest absolute Gasteiger partial charge is 0.497 e. The topological polar surface area (TPSA) is 9.23 Å². The van der Waals surface area contributed by atoms with Crippen LogP contribution in [0.25, 0.3) is 0 Å². The maximum Gasteiger partial charge on any atom is 0.416 e. The minimum atomic E-state index is -4.29. The van der Waals surface area contributed by atoms with Gasteiger partial charge in [-0.2, -0.15) is 13.2 Å². The minimum Gasteiger partial charge on any atom is -0.497 e. The Kier molecular flexibility index (Phi) is 4.09. The lowest BCUT2D eigenvalue weighted by Crippen LogP contribution is -2.31. The smallest absolute Gasteiger partial charge is 0.416 e. The first kappa shape index (κ1) is 15.9. The SMILES string of the molecule is COc1ccc(C2CC(C)C2c2cccc(C(F)(F)F)c2)cc1. The zero-order valence-electron chi connectivity index (χ0n) is 13.1. The average molecular weight is 320 g/mol. The summed E-state index contributed by atoms with van der Waals surface area (Å²) in [6, 6.07) is 13.6. The second-order valence-electron chi connectivity index (χ2n) is 6.24. The molecule has 1 saturated carbocycles. The van der Waals surface area contributed by atoms with Gasteiger partial charge >= 0.3 is 6.18 Å². The van der Waals surface area contributed by atoms with Gasteiger partial charge in [0.05, 0.1) is 12.7 Å². The Hall–Kier alpha value is -1.97. The Morgan fingerprint density at radius 1 is 1.00 bits per heavy atom. The van der Waals surface area contributed by atoms with Gasteiger partial charge in [0.15, 0.2) is 0 Å². The van der Waals surface area contributed by atoms with Crippen molar-refractivity contribution in [3.05, 3.63) is 65.2 Å². The molecule has 0 heterocycles. The van der Waals surface area contributed by atoms with Crippen LogP contribution in [0, 0.1) is 5.92 Å². The number of hydrogen-bond acceptors (Lipinski definition) is 1. The highest BCUT2D eigenvalue weighted by atomic mass is 19.4. The van der Waals surface area contributed by atoms with E-state index in [1.54, 1.807) is 7.11 Å². The highest BCUT2D eigenvalue weighted by Crippen LogP contribution is 2.53. The maximum absolute atomic E-state index is 12.9. The van der Waals surface area contributed by atoms with Crippen LogP contribution in [0.1, 0.15) is 41.9 Å². The van der Waals surface area contributed by atoms with Crippen molar-refractivity contribution in [3.8, 4) is 5.75 Å². The lowest BCUT2D eigenvalue weighted by Gasteiger charge is -2.44. The molecule has 0 spiro atoms. The zero-order valence-corrected chi connectivity index (χ0v) is 13.1. The molecule has 0 radical (unpaired) electrons. The van der Waals surface area contributed by atoms with Crippen molar-refractivity contribution in [2.24, 2.45) is 5.92 Å². The van der Waals surface area contributed by atoms with Crippen molar-refractivity contribution >= 4 is 0 Å². The number of benzene rings is 2. The number of halogens is 3.